The normalized spacial score (nSPS) is 16.5. The van der Waals surface area contributed by atoms with E-state index in [1.807, 2.05) is 0 Å². The van der Waals surface area contributed by atoms with E-state index >= 15 is 0 Å². The van der Waals surface area contributed by atoms with Gasteiger partial charge in [-0.1, -0.05) is 0 Å². The van der Waals surface area contributed by atoms with Gasteiger partial charge in [-0.15, -0.1) is 0 Å². The minimum absolute atomic E-state index is 0.0589. The quantitative estimate of drug-likeness (QED) is 0.125. The number of rotatable bonds is 18. The monoisotopic (exact) mass is 787 g/mol. The molecule has 0 aromatic rings. The van der Waals surface area contributed by atoms with E-state index in [-0.39, 0.29) is 7.05 Å². The summed E-state index contributed by atoms with van der Waals surface area (Å²) in [5.74, 6) is -95.2. The van der Waals surface area contributed by atoms with Crippen LogP contribution < -0.4 is 0 Å². The third-order valence-corrected chi connectivity index (χ3v) is 6.29. The molecule has 29 heteroatoms. The molecule has 0 radical (unpaired) electrons. The second-order valence-corrected chi connectivity index (χ2v) is 9.65. The number of alkyl halides is 28. The van der Waals surface area contributed by atoms with E-state index in [0.29, 0.717) is 0 Å². The number of hydrogen-bond donors (Lipinski definition) is 0. The molecular weight excluding hydrogens is 774 g/mol. The fourth-order valence-corrected chi connectivity index (χ4v) is 3.03. The van der Waals surface area contributed by atoms with Gasteiger partial charge in [-0.05, 0) is 7.05 Å². The first kappa shape index (κ1) is 46.0. The van der Waals surface area contributed by atoms with E-state index in [1.54, 1.807) is 0 Å². The van der Waals surface area contributed by atoms with Gasteiger partial charge in [-0.3, -0.25) is 0 Å². The van der Waals surface area contributed by atoms with Crippen molar-refractivity contribution in [3.05, 3.63) is 0 Å². The van der Waals surface area contributed by atoms with Gasteiger partial charge < -0.3 is 4.90 Å². The van der Waals surface area contributed by atoms with Crippen LogP contribution in [0.2, 0.25) is 0 Å². The third kappa shape index (κ3) is 6.49. The van der Waals surface area contributed by atoms with Crippen molar-refractivity contribution in [1.82, 2.24) is 4.90 Å². The first-order chi connectivity index (χ1) is 20.5. The van der Waals surface area contributed by atoms with Crippen molar-refractivity contribution in [2.45, 2.75) is 96.8 Å². The van der Waals surface area contributed by atoms with Crippen molar-refractivity contribution >= 4 is 0 Å². The highest BCUT2D eigenvalue weighted by Gasteiger charge is 2.92. The highest BCUT2D eigenvalue weighted by atomic mass is 19.4. The molecule has 0 aliphatic carbocycles. The molecule has 0 N–H and O–H groups in total. The average Bonchev–Trinajstić information content (AvgIpc) is 2.89. The summed E-state index contributed by atoms with van der Waals surface area (Å²) >= 11 is 0. The van der Waals surface area contributed by atoms with E-state index < -0.39 is 115 Å². The molecule has 0 aliphatic rings. The second kappa shape index (κ2) is 12.6. The van der Waals surface area contributed by atoms with Crippen molar-refractivity contribution in [3.8, 4) is 0 Å². The molecule has 48 heavy (non-hydrogen) atoms. The molecule has 0 aromatic carbocycles. The van der Waals surface area contributed by atoms with Crippen LogP contribution in [0.4, 0.5) is 123 Å². The average molecular weight is 787 g/mol. The summed E-state index contributed by atoms with van der Waals surface area (Å²) in [6.45, 7) is -4.69. The van der Waals surface area contributed by atoms with Crippen molar-refractivity contribution < 1.29 is 123 Å². The first-order valence-electron chi connectivity index (χ1n) is 11.3. The van der Waals surface area contributed by atoms with E-state index in [1.165, 1.54) is 0 Å². The Morgan fingerprint density at radius 1 is 0.333 bits per heavy atom. The van der Waals surface area contributed by atoms with Crippen molar-refractivity contribution in [3.63, 3.8) is 0 Å². The summed E-state index contributed by atoms with van der Waals surface area (Å²) in [5, 5.41) is 0. The first-order valence-corrected chi connectivity index (χ1v) is 11.3. The molecule has 0 amide bonds. The van der Waals surface area contributed by atoms with Gasteiger partial charge in [0.25, 0.3) is 0 Å². The maximum Gasteiger partial charge on any atom is 0.384 e. The lowest BCUT2D eigenvalue weighted by molar-refractivity contribution is -0.433. The Kier molecular flexibility index (Phi) is 12.1. The minimum atomic E-state index is -8.46. The summed E-state index contributed by atoms with van der Waals surface area (Å²) in [5.41, 5.74) is 0. The summed E-state index contributed by atoms with van der Waals surface area (Å²) in [6, 6.07) is 0. The van der Waals surface area contributed by atoms with Crippen LogP contribution in [-0.2, 0) is 0 Å². The molecule has 0 saturated carbocycles. The molecule has 0 fully saturated rings. The Morgan fingerprint density at radius 2 is 0.521 bits per heavy atom. The Morgan fingerprint density at radius 3 is 0.708 bits per heavy atom. The lowest BCUT2D eigenvalue weighted by atomic mass is 9.90. The minimum Gasteiger partial charge on any atom is -0.306 e. The maximum atomic E-state index is 13.8. The van der Waals surface area contributed by atoms with E-state index in [0.717, 1.165) is 0 Å². The van der Waals surface area contributed by atoms with Gasteiger partial charge in [0.1, 0.15) is 0 Å². The number of halogens is 28. The van der Waals surface area contributed by atoms with E-state index in [4.69, 9.17) is 0 Å². The van der Waals surface area contributed by atoms with Crippen LogP contribution in [0.5, 0.6) is 0 Å². The molecule has 0 aliphatic heterocycles. The Balaban J connectivity index is 6.17. The molecule has 0 atom stereocenters. The summed E-state index contributed by atoms with van der Waals surface area (Å²) < 4.78 is 371. The smallest absolute Gasteiger partial charge is 0.306 e. The summed E-state index contributed by atoms with van der Waals surface area (Å²) in [4.78, 5) is -0.584. The zero-order valence-electron chi connectivity index (χ0n) is 22.0. The lowest BCUT2D eigenvalue weighted by Gasteiger charge is -2.41. The van der Waals surface area contributed by atoms with Crippen LogP contribution >= 0.6 is 0 Å². The highest BCUT2D eigenvalue weighted by Crippen LogP contribution is 2.63. The van der Waals surface area contributed by atoms with E-state index in [9.17, 15) is 123 Å². The zero-order valence-corrected chi connectivity index (χ0v) is 22.0. The van der Waals surface area contributed by atoms with Crippen LogP contribution in [0, 0.1) is 0 Å². The standard InChI is InChI=1S/C19H13F28N/c1-48(4-2-8(24,25)12(32,33)16(40,41)18(44,45)14(36,37)10(28,29)6(20)21)5-3-9(26,27)13(34,35)17(42,43)19(46,47)15(38,39)11(30,31)7(22)23/h6-7H,2-5H2,1H3. The molecule has 0 spiro atoms. The van der Waals surface area contributed by atoms with Crippen LogP contribution in [-0.4, -0.2) is 109 Å². The number of nitrogens with zero attached hydrogens (tertiary/aromatic N) is 1. The topological polar surface area (TPSA) is 3.24 Å². The molecule has 0 bridgehead atoms. The van der Waals surface area contributed by atoms with Gasteiger partial charge in [-0.25, -0.2) is 17.6 Å². The van der Waals surface area contributed by atoms with Gasteiger partial charge in [0.2, 0.25) is 0 Å². The molecular formula is C19H13F28N. The molecule has 0 aromatic heterocycles. The van der Waals surface area contributed by atoms with Crippen LogP contribution in [0.25, 0.3) is 0 Å². The van der Waals surface area contributed by atoms with Crippen molar-refractivity contribution in [2.75, 3.05) is 20.1 Å². The van der Waals surface area contributed by atoms with Gasteiger partial charge in [0, 0.05) is 25.9 Å². The SMILES string of the molecule is CN(CCC(F)(F)C(F)(F)C(F)(F)C(F)(F)C(F)(F)C(F)(F)C(F)F)CCC(F)(F)C(F)(F)C(F)(F)C(F)(F)C(F)(F)C(F)(F)C(F)F. The highest BCUT2D eigenvalue weighted by molar-refractivity contribution is 5.13. The van der Waals surface area contributed by atoms with Gasteiger partial charge in [0.05, 0.1) is 0 Å². The van der Waals surface area contributed by atoms with Crippen LogP contribution in [0.15, 0.2) is 0 Å². The summed E-state index contributed by atoms with van der Waals surface area (Å²) in [7, 11) is -0.0589. The molecule has 0 unspecified atom stereocenters. The van der Waals surface area contributed by atoms with Gasteiger partial charge >= 0.3 is 83.9 Å². The fraction of sp³-hybridized carbons (Fsp3) is 1.00. The largest absolute Gasteiger partial charge is 0.384 e. The molecule has 1 nitrogen and oxygen atoms in total. The van der Waals surface area contributed by atoms with Crippen LogP contribution in [0.1, 0.15) is 12.8 Å². The Bertz CT molecular complexity index is 1010. The molecule has 0 saturated heterocycles. The molecule has 290 valence electrons. The van der Waals surface area contributed by atoms with Crippen molar-refractivity contribution in [1.29, 1.82) is 0 Å². The van der Waals surface area contributed by atoms with Gasteiger partial charge in [-0.2, -0.15) is 105 Å². The fourth-order valence-electron chi connectivity index (χ4n) is 3.03. The van der Waals surface area contributed by atoms with Crippen molar-refractivity contribution in [2.24, 2.45) is 0 Å². The Hall–Kier alpha value is -2.00. The summed E-state index contributed by atoms with van der Waals surface area (Å²) in [6.07, 6.45) is -18.5. The predicted octanol–water partition coefficient (Wildman–Crippen LogP) is 9.85. The molecule has 0 heterocycles. The van der Waals surface area contributed by atoms with E-state index in [2.05, 4.69) is 0 Å². The lowest BCUT2D eigenvalue weighted by Crippen LogP contribution is -2.71. The maximum absolute atomic E-state index is 13.8. The van der Waals surface area contributed by atoms with Crippen LogP contribution in [0.3, 0.4) is 0 Å². The molecule has 0 rings (SSSR count). The zero-order chi connectivity index (χ0) is 39.6. The Labute approximate surface area is 246 Å². The third-order valence-electron chi connectivity index (χ3n) is 6.29. The van der Waals surface area contributed by atoms with Gasteiger partial charge in [0.15, 0.2) is 0 Å². The second-order valence-electron chi connectivity index (χ2n) is 9.65. The predicted molar refractivity (Wildman–Crippen MR) is 98.1 cm³/mol. The number of hydrogen-bond acceptors (Lipinski definition) is 1.